The molecule has 1 aromatic carbocycles. The molecule has 2 rings (SSSR count). The van der Waals surface area contributed by atoms with E-state index in [1.54, 1.807) is 0 Å². The summed E-state index contributed by atoms with van der Waals surface area (Å²) < 4.78 is 0. The number of benzene rings is 1. The highest BCUT2D eigenvalue weighted by molar-refractivity contribution is 5.82. The quantitative estimate of drug-likeness (QED) is 0.838. The molecule has 0 radical (unpaired) electrons. The van der Waals surface area contributed by atoms with Gasteiger partial charge in [-0.3, -0.25) is 4.98 Å². The van der Waals surface area contributed by atoms with Gasteiger partial charge in [0, 0.05) is 23.7 Å². The van der Waals surface area contributed by atoms with Crippen LogP contribution < -0.4 is 5.32 Å². The van der Waals surface area contributed by atoms with Crippen molar-refractivity contribution in [2.75, 3.05) is 0 Å². The zero-order chi connectivity index (χ0) is 14.5. The average molecular weight is 270 g/mol. The maximum absolute atomic E-state index is 4.60. The fourth-order valence-electron chi connectivity index (χ4n) is 2.51. The third kappa shape index (κ3) is 4.04. The number of nitrogens with one attached hydrogen (secondary N) is 1. The van der Waals surface area contributed by atoms with E-state index < -0.39 is 0 Å². The first-order valence-corrected chi connectivity index (χ1v) is 7.65. The average Bonchev–Trinajstić information content (AvgIpc) is 2.42. The first-order valence-electron chi connectivity index (χ1n) is 7.65. The number of fused-ring (bicyclic) bond motifs is 1. The molecule has 1 heterocycles. The smallest absolute Gasteiger partial charge is 0.0708 e. The molecule has 1 aromatic heterocycles. The van der Waals surface area contributed by atoms with Crippen molar-refractivity contribution in [2.45, 2.75) is 53.1 Å². The van der Waals surface area contributed by atoms with Crippen molar-refractivity contribution in [1.29, 1.82) is 0 Å². The summed E-state index contributed by atoms with van der Waals surface area (Å²) in [5.41, 5.74) is 3.54. The van der Waals surface area contributed by atoms with Crippen LogP contribution in [-0.2, 0) is 6.54 Å². The second kappa shape index (κ2) is 6.85. The highest BCUT2D eigenvalue weighted by atomic mass is 14.9. The summed E-state index contributed by atoms with van der Waals surface area (Å²) in [6, 6.07) is 11.2. The van der Waals surface area contributed by atoms with Crippen LogP contribution in [0, 0.1) is 12.8 Å². The first kappa shape index (κ1) is 15.0. The zero-order valence-corrected chi connectivity index (χ0v) is 13.1. The molecular formula is C18H26N2. The number of nitrogens with zero attached hydrogens (tertiary/aromatic N) is 1. The van der Waals surface area contributed by atoms with Crippen LogP contribution >= 0.6 is 0 Å². The Labute approximate surface area is 122 Å². The second-order valence-corrected chi connectivity index (χ2v) is 6.19. The Morgan fingerprint density at radius 1 is 1.10 bits per heavy atom. The summed E-state index contributed by atoms with van der Waals surface area (Å²) >= 11 is 0. The third-order valence-electron chi connectivity index (χ3n) is 3.75. The molecule has 0 fully saturated rings. The Morgan fingerprint density at radius 2 is 1.85 bits per heavy atom. The standard InChI is InChI=1S/C18H26N2/c1-13(2)9-10-14(3)19-12-16-11-15(4)20-18-8-6-5-7-17(16)18/h5-8,11,13-14,19H,9-10,12H2,1-4H3. The highest BCUT2D eigenvalue weighted by Gasteiger charge is 2.06. The van der Waals surface area contributed by atoms with Crippen LogP contribution in [0.2, 0.25) is 0 Å². The van der Waals surface area contributed by atoms with Gasteiger partial charge in [0.2, 0.25) is 0 Å². The van der Waals surface area contributed by atoms with E-state index in [4.69, 9.17) is 0 Å². The summed E-state index contributed by atoms with van der Waals surface area (Å²) in [5, 5.41) is 4.91. The van der Waals surface area contributed by atoms with Crippen LogP contribution in [0.1, 0.15) is 44.9 Å². The van der Waals surface area contributed by atoms with Gasteiger partial charge < -0.3 is 5.32 Å². The van der Waals surface area contributed by atoms with Gasteiger partial charge in [0.1, 0.15) is 0 Å². The molecule has 1 atom stereocenters. The van der Waals surface area contributed by atoms with Gasteiger partial charge in [0.25, 0.3) is 0 Å². The van der Waals surface area contributed by atoms with E-state index >= 15 is 0 Å². The van der Waals surface area contributed by atoms with Crippen LogP contribution in [-0.4, -0.2) is 11.0 Å². The lowest BCUT2D eigenvalue weighted by atomic mass is 10.0. The van der Waals surface area contributed by atoms with E-state index in [-0.39, 0.29) is 0 Å². The molecule has 20 heavy (non-hydrogen) atoms. The monoisotopic (exact) mass is 270 g/mol. The van der Waals surface area contributed by atoms with E-state index in [9.17, 15) is 0 Å². The molecule has 0 aliphatic rings. The molecule has 0 amide bonds. The fraction of sp³-hybridized carbons (Fsp3) is 0.500. The Kier molecular flexibility index (Phi) is 5.13. The van der Waals surface area contributed by atoms with Crippen LogP contribution in [0.4, 0.5) is 0 Å². The van der Waals surface area contributed by atoms with Gasteiger partial charge >= 0.3 is 0 Å². The number of para-hydroxylation sites is 1. The lowest BCUT2D eigenvalue weighted by molar-refractivity contribution is 0.451. The number of aryl methyl sites for hydroxylation is 1. The number of aromatic nitrogens is 1. The van der Waals surface area contributed by atoms with E-state index in [2.05, 4.69) is 68.3 Å². The van der Waals surface area contributed by atoms with Crippen LogP contribution in [0.15, 0.2) is 30.3 Å². The molecular weight excluding hydrogens is 244 g/mol. The van der Waals surface area contributed by atoms with Gasteiger partial charge in [-0.05, 0) is 50.3 Å². The fourth-order valence-corrected chi connectivity index (χ4v) is 2.51. The number of hydrogen-bond donors (Lipinski definition) is 1. The Morgan fingerprint density at radius 3 is 2.60 bits per heavy atom. The van der Waals surface area contributed by atoms with Gasteiger partial charge in [-0.2, -0.15) is 0 Å². The predicted molar refractivity (Wildman–Crippen MR) is 86.9 cm³/mol. The Bertz CT molecular complexity index is 560. The van der Waals surface area contributed by atoms with Crippen molar-refractivity contribution < 1.29 is 0 Å². The maximum Gasteiger partial charge on any atom is 0.0708 e. The van der Waals surface area contributed by atoms with E-state index in [1.807, 2.05) is 0 Å². The van der Waals surface area contributed by atoms with Gasteiger partial charge in [-0.1, -0.05) is 32.0 Å². The molecule has 2 aromatic rings. The van der Waals surface area contributed by atoms with Crippen LogP contribution in [0.5, 0.6) is 0 Å². The lowest BCUT2D eigenvalue weighted by Gasteiger charge is -2.16. The molecule has 1 N–H and O–H groups in total. The first-order chi connectivity index (χ1) is 9.56. The van der Waals surface area contributed by atoms with Gasteiger partial charge in [-0.15, -0.1) is 0 Å². The van der Waals surface area contributed by atoms with E-state index in [1.165, 1.54) is 23.8 Å². The largest absolute Gasteiger partial charge is 0.310 e. The van der Waals surface area contributed by atoms with Crippen molar-refractivity contribution in [3.05, 3.63) is 41.6 Å². The minimum absolute atomic E-state index is 0.560. The predicted octanol–water partition coefficient (Wildman–Crippen LogP) is 4.46. The summed E-state index contributed by atoms with van der Waals surface area (Å²) in [7, 11) is 0. The van der Waals surface area contributed by atoms with Crippen LogP contribution in [0.25, 0.3) is 10.9 Å². The lowest BCUT2D eigenvalue weighted by Crippen LogP contribution is -2.26. The number of pyridine rings is 1. The summed E-state index contributed by atoms with van der Waals surface area (Å²) in [6.07, 6.45) is 2.52. The Balaban J connectivity index is 2.06. The molecule has 0 aliphatic carbocycles. The van der Waals surface area contributed by atoms with Crippen molar-refractivity contribution in [3.63, 3.8) is 0 Å². The molecule has 0 aliphatic heterocycles. The van der Waals surface area contributed by atoms with E-state index in [0.29, 0.717) is 6.04 Å². The normalized spacial score (nSPS) is 13.1. The van der Waals surface area contributed by atoms with Gasteiger partial charge in [0.05, 0.1) is 5.52 Å². The minimum atomic E-state index is 0.560. The second-order valence-electron chi connectivity index (χ2n) is 6.19. The molecule has 0 spiro atoms. The van der Waals surface area contributed by atoms with Crippen LogP contribution in [0.3, 0.4) is 0 Å². The molecule has 0 saturated carbocycles. The summed E-state index contributed by atoms with van der Waals surface area (Å²) in [6.45, 7) is 9.83. The summed E-state index contributed by atoms with van der Waals surface area (Å²) in [5.74, 6) is 0.781. The van der Waals surface area contributed by atoms with Gasteiger partial charge in [-0.25, -0.2) is 0 Å². The highest BCUT2D eigenvalue weighted by Crippen LogP contribution is 2.18. The van der Waals surface area contributed by atoms with Crippen molar-refractivity contribution in [1.82, 2.24) is 10.3 Å². The summed E-state index contributed by atoms with van der Waals surface area (Å²) in [4.78, 5) is 4.60. The maximum atomic E-state index is 4.60. The van der Waals surface area contributed by atoms with Crippen molar-refractivity contribution in [3.8, 4) is 0 Å². The SMILES string of the molecule is Cc1cc(CNC(C)CCC(C)C)c2ccccc2n1. The third-order valence-corrected chi connectivity index (χ3v) is 3.75. The zero-order valence-electron chi connectivity index (χ0n) is 13.1. The van der Waals surface area contributed by atoms with Gasteiger partial charge in [0.15, 0.2) is 0 Å². The van der Waals surface area contributed by atoms with E-state index in [0.717, 1.165) is 23.7 Å². The number of hydrogen-bond acceptors (Lipinski definition) is 2. The number of rotatable bonds is 6. The van der Waals surface area contributed by atoms with Crippen molar-refractivity contribution >= 4 is 10.9 Å². The molecule has 0 bridgehead atoms. The Hall–Kier alpha value is -1.41. The molecule has 0 saturated heterocycles. The molecule has 108 valence electrons. The van der Waals surface area contributed by atoms with Crippen molar-refractivity contribution in [2.24, 2.45) is 5.92 Å². The topological polar surface area (TPSA) is 24.9 Å². The minimum Gasteiger partial charge on any atom is -0.310 e. The molecule has 2 heteroatoms. The molecule has 1 unspecified atom stereocenters. The molecule has 2 nitrogen and oxygen atoms in total.